The van der Waals surface area contributed by atoms with Crippen LogP contribution in [0.1, 0.15) is 11.3 Å². The van der Waals surface area contributed by atoms with Crippen molar-refractivity contribution in [2.75, 3.05) is 5.32 Å². The van der Waals surface area contributed by atoms with Crippen LogP contribution >= 0.6 is 27.3 Å². The number of fused-ring (bicyclic) bond motifs is 1. The largest absolute Gasteiger partial charge is 0.379 e. The summed E-state index contributed by atoms with van der Waals surface area (Å²) in [7, 11) is 0. The van der Waals surface area contributed by atoms with Gasteiger partial charge in [0, 0.05) is 27.9 Å². The fourth-order valence-corrected chi connectivity index (χ4v) is 2.91. The van der Waals surface area contributed by atoms with Crippen molar-refractivity contribution in [2.45, 2.75) is 13.5 Å². The second-order valence-electron chi connectivity index (χ2n) is 4.14. The molecule has 0 aliphatic carbocycles. The number of aryl methyl sites for hydroxylation is 1. The molecule has 18 heavy (non-hydrogen) atoms. The number of thiazole rings is 1. The van der Waals surface area contributed by atoms with Crippen molar-refractivity contribution in [3.8, 4) is 0 Å². The Labute approximate surface area is 118 Å². The third-order valence-electron chi connectivity index (χ3n) is 2.80. The predicted molar refractivity (Wildman–Crippen MR) is 79.3 cm³/mol. The van der Waals surface area contributed by atoms with Gasteiger partial charge in [-0.2, -0.15) is 0 Å². The summed E-state index contributed by atoms with van der Waals surface area (Å²) in [6.45, 7) is 2.84. The highest BCUT2D eigenvalue weighted by atomic mass is 79.9. The Morgan fingerprint density at radius 1 is 1.44 bits per heavy atom. The standard InChI is InChI=1S/C13H12BrN3S/c1-9-2-3-10(14)6-12(9)15-7-11-8-17-4-5-18-13(17)16-11/h2-6,8,15H,7H2,1H3. The zero-order valence-corrected chi connectivity index (χ0v) is 12.3. The summed E-state index contributed by atoms with van der Waals surface area (Å²) < 4.78 is 3.14. The molecule has 0 saturated carbocycles. The minimum absolute atomic E-state index is 0.742. The molecule has 0 spiro atoms. The maximum Gasteiger partial charge on any atom is 0.193 e. The highest BCUT2D eigenvalue weighted by molar-refractivity contribution is 9.10. The van der Waals surface area contributed by atoms with E-state index in [9.17, 15) is 0 Å². The van der Waals surface area contributed by atoms with Crippen molar-refractivity contribution in [2.24, 2.45) is 0 Å². The Morgan fingerprint density at radius 2 is 2.33 bits per heavy atom. The van der Waals surface area contributed by atoms with E-state index in [2.05, 4.69) is 55.9 Å². The Balaban J connectivity index is 1.77. The lowest BCUT2D eigenvalue weighted by atomic mass is 10.2. The van der Waals surface area contributed by atoms with Crippen LogP contribution in [0.25, 0.3) is 4.96 Å². The SMILES string of the molecule is Cc1ccc(Br)cc1NCc1cn2ccsc2n1. The van der Waals surface area contributed by atoms with Gasteiger partial charge < -0.3 is 5.32 Å². The fraction of sp³-hybridized carbons (Fsp3) is 0.154. The van der Waals surface area contributed by atoms with Gasteiger partial charge in [0.15, 0.2) is 4.96 Å². The molecule has 3 aromatic rings. The molecule has 3 rings (SSSR count). The topological polar surface area (TPSA) is 29.3 Å². The molecule has 1 aromatic carbocycles. The zero-order chi connectivity index (χ0) is 12.5. The van der Waals surface area contributed by atoms with Crippen molar-refractivity contribution in [1.82, 2.24) is 9.38 Å². The first-order valence-electron chi connectivity index (χ1n) is 5.63. The molecule has 1 N–H and O–H groups in total. The average molecular weight is 322 g/mol. The van der Waals surface area contributed by atoms with E-state index in [4.69, 9.17) is 0 Å². The van der Waals surface area contributed by atoms with E-state index in [1.807, 2.05) is 17.6 Å². The number of rotatable bonds is 3. The molecular formula is C13H12BrN3S. The van der Waals surface area contributed by atoms with Crippen molar-refractivity contribution in [3.05, 3.63) is 51.7 Å². The van der Waals surface area contributed by atoms with Crippen LogP contribution in [0.4, 0.5) is 5.69 Å². The first kappa shape index (κ1) is 11.7. The number of benzene rings is 1. The summed E-state index contributed by atoms with van der Waals surface area (Å²) >= 11 is 5.14. The van der Waals surface area contributed by atoms with E-state index in [-0.39, 0.29) is 0 Å². The molecular weight excluding hydrogens is 310 g/mol. The summed E-state index contributed by atoms with van der Waals surface area (Å²) in [5.74, 6) is 0. The number of hydrogen-bond donors (Lipinski definition) is 1. The minimum atomic E-state index is 0.742. The van der Waals surface area contributed by atoms with Crippen LogP contribution < -0.4 is 5.32 Å². The highest BCUT2D eigenvalue weighted by Crippen LogP contribution is 2.21. The van der Waals surface area contributed by atoms with Crippen LogP contribution in [0.5, 0.6) is 0 Å². The lowest BCUT2D eigenvalue weighted by Gasteiger charge is -2.08. The molecule has 5 heteroatoms. The Bertz CT molecular complexity index is 658. The summed E-state index contributed by atoms with van der Waals surface area (Å²) in [6.07, 6.45) is 4.09. The molecule has 0 amide bonds. The number of aromatic nitrogens is 2. The van der Waals surface area contributed by atoms with Crippen LogP contribution in [-0.2, 0) is 6.54 Å². The number of anilines is 1. The van der Waals surface area contributed by atoms with Gasteiger partial charge in [0.25, 0.3) is 0 Å². The fourth-order valence-electron chi connectivity index (χ4n) is 1.83. The highest BCUT2D eigenvalue weighted by Gasteiger charge is 2.03. The van der Waals surface area contributed by atoms with Gasteiger partial charge in [-0.3, -0.25) is 4.40 Å². The molecule has 2 aromatic heterocycles. The molecule has 0 atom stereocenters. The Hall–Kier alpha value is -1.33. The van der Waals surface area contributed by atoms with Crippen molar-refractivity contribution >= 4 is 37.9 Å². The quantitative estimate of drug-likeness (QED) is 0.787. The smallest absolute Gasteiger partial charge is 0.193 e. The van der Waals surface area contributed by atoms with Crippen LogP contribution in [0.2, 0.25) is 0 Å². The first-order chi connectivity index (χ1) is 8.72. The summed E-state index contributed by atoms with van der Waals surface area (Å²) in [5, 5.41) is 5.46. The Kier molecular flexibility index (Phi) is 3.09. The second-order valence-corrected chi connectivity index (χ2v) is 5.93. The molecule has 0 fully saturated rings. The molecule has 92 valence electrons. The lowest BCUT2D eigenvalue weighted by Crippen LogP contribution is -2.01. The van der Waals surface area contributed by atoms with Gasteiger partial charge in [-0.15, -0.1) is 11.3 Å². The first-order valence-corrected chi connectivity index (χ1v) is 7.31. The molecule has 0 aliphatic heterocycles. The number of nitrogens with zero attached hydrogens (tertiary/aromatic N) is 2. The normalized spacial score (nSPS) is 11.0. The van der Waals surface area contributed by atoms with E-state index in [0.29, 0.717) is 0 Å². The van der Waals surface area contributed by atoms with Gasteiger partial charge in [0.05, 0.1) is 12.2 Å². The van der Waals surface area contributed by atoms with Crippen LogP contribution in [0, 0.1) is 6.92 Å². The maximum atomic E-state index is 4.55. The number of halogens is 1. The summed E-state index contributed by atoms with van der Waals surface area (Å²) in [4.78, 5) is 5.59. The van der Waals surface area contributed by atoms with Gasteiger partial charge in [0.2, 0.25) is 0 Å². The lowest BCUT2D eigenvalue weighted by molar-refractivity contribution is 1.07. The van der Waals surface area contributed by atoms with Gasteiger partial charge in [-0.1, -0.05) is 22.0 Å². The van der Waals surface area contributed by atoms with E-state index in [1.54, 1.807) is 11.3 Å². The number of nitrogens with one attached hydrogen (secondary N) is 1. The molecule has 0 saturated heterocycles. The van der Waals surface area contributed by atoms with E-state index in [1.165, 1.54) is 5.56 Å². The second kappa shape index (κ2) is 4.74. The van der Waals surface area contributed by atoms with Gasteiger partial charge in [-0.05, 0) is 24.6 Å². The third kappa shape index (κ3) is 2.28. The maximum absolute atomic E-state index is 4.55. The molecule has 0 aliphatic rings. The zero-order valence-electron chi connectivity index (χ0n) is 9.85. The van der Waals surface area contributed by atoms with Crippen molar-refractivity contribution < 1.29 is 0 Å². The van der Waals surface area contributed by atoms with E-state index < -0.39 is 0 Å². The third-order valence-corrected chi connectivity index (χ3v) is 4.07. The number of imidazole rings is 1. The monoisotopic (exact) mass is 321 g/mol. The van der Waals surface area contributed by atoms with Gasteiger partial charge >= 0.3 is 0 Å². The molecule has 0 bridgehead atoms. The summed E-state index contributed by atoms with van der Waals surface area (Å²) in [5.41, 5.74) is 3.43. The van der Waals surface area contributed by atoms with Crippen molar-refractivity contribution in [3.63, 3.8) is 0 Å². The van der Waals surface area contributed by atoms with Gasteiger partial charge in [-0.25, -0.2) is 4.98 Å². The summed E-state index contributed by atoms with van der Waals surface area (Å²) in [6, 6.07) is 6.24. The predicted octanol–water partition coefficient (Wildman–Crippen LogP) is 4.08. The van der Waals surface area contributed by atoms with Gasteiger partial charge in [0.1, 0.15) is 0 Å². The molecule has 0 unspecified atom stereocenters. The van der Waals surface area contributed by atoms with Crippen LogP contribution in [0.15, 0.2) is 40.4 Å². The molecule has 3 nitrogen and oxygen atoms in total. The number of hydrogen-bond acceptors (Lipinski definition) is 3. The molecule has 2 heterocycles. The van der Waals surface area contributed by atoms with Crippen molar-refractivity contribution in [1.29, 1.82) is 0 Å². The van der Waals surface area contributed by atoms with E-state index >= 15 is 0 Å². The van der Waals surface area contributed by atoms with Crippen LogP contribution in [-0.4, -0.2) is 9.38 Å². The van der Waals surface area contributed by atoms with E-state index in [0.717, 1.165) is 27.4 Å². The van der Waals surface area contributed by atoms with Crippen LogP contribution in [0.3, 0.4) is 0 Å². The minimum Gasteiger partial charge on any atom is -0.379 e. The average Bonchev–Trinajstić information content (AvgIpc) is 2.90. The molecule has 0 radical (unpaired) electrons. The Morgan fingerprint density at radius 3 is 3.17 bits per heavy atom.